The molecule has 1 amide bonds. The maximum absolute atomic E-state index is 13.3. The van der Waals surface area contributed by atoms with E-state index in [2.05, 4.69) is 30.9 Å². The fraction of sp³-hybridized carbons (Fsp3) is 0.400. The number of carbonyl (C=O) groups excluding carboxylic acids is 1. The molecule has 1 fully saturated rings. The molecule has 0 unspecified atom stereocenters. The molecule has 148 valence electrons. The van der Waals surface area contributed by atoms with Crippen molar-refractivity contribution < 1.29 is 9.53 Å². The molecule has 3 aromatic rings. The van der Waals surface area contributed by atoms with Crippen LogP contribution in [0.5, 0.6) is 0 Å². The lowest BCUT2D eigenvalue weighted by molar-refractivity contribution is 0.0391. The second-order valence-corrected chi connectivity index (χ2v) is 9.63. The van der Waals surface area contributed by atoms with Gasteiger partial charge in [-0.3, -0.25) is 14.6 Å². The van der Waals surface area contributed by atoms with E-state index in [1.54, 1.807) is 28.4 Å². The quantitative estimate of drug-likeness (QED) is 0.587. The van der Waals surface area contributed by atoms with Gasteiger partial charge in [0.2, 0.25) is 0 Å². The molecule has 0 N–H and O–H groups in total. The molecule has 0 aliphatic carbocycles. The number of aryl methyl sites for hydroxylation is 2. The molecule has 0 spiro atoms. The average Bonchev–Trinajstić information content (AvgIpc) is 3.29. The molecule has 3 heterocycles. The summed E-state index contributed by atoms with van der Waals surface area (Å²) in [7, 11) is 0. The van der Waals surface area contributed by atoms with Gasteiger partial charge in [0.05, 0.1) is 32.6 Å². The van der Waals surface area contributed by atoms with Gasteiger partial charge < -0.3 is 4.74 Å². The summed E-state index contributed by atoms with van der Waals surface area (Å²) >= 11 is 8.96. The minimum atomic E-state index is -0.0430. The first-order valence-electron chi connectivity index (χ1n) is 9.26. The summed E-state index contributed by atoms with van der Waals surface area (Å²) in [6.45, 7) is 8.82. The fourth-order valence-electron chi connectivity index (χ4n) is 3.39. The van der Waals surface area contributed by atoms with E-state index in [1.807, 2.05) is 0 Å². The lowest BCUT2D eigenvalue weighted by Crippen LogP contribution is -2.43. The predicted molar refractivity (Wildman–Crippen MR) is 117 cm³/mol. The van der Waals surface area contributed by atoms with Crippen molar-refractivity contribution in [3.05, 3.63) is 44.6 Å². The third-order valence-electron chi connectivity index (χ3n) is 4.81. The second-order valence-electron chi connectivity index (χ2n) is 6.94. The topological polar surface area (TPSA) is 45.7 Å². The number of aromatic nitrogens is 1. The normalized spacial score (nSPS) is 15.2. The van der Waals surface area contributed by atoms with Crippen LogP contribution in [0.2, 0.25) is 4.34 Å². The van der Waals surface area contributed by atoms with Gasteiger partial charge in [0.15, 0.2) is 5.13 Å². The van der Waals surface area contributed by atoms with Crippen LogP contribution >= 0.6 is 34.3 Å². The molecule has 0 bridgehead atoms. The number of ether oxygens (including phenoxy) is 1. The molecule has 1 saturated heterocycles. The Balaban J connectivity index is 1.65. The van der Waals surface area contributed by atoms with Crippen molar-refractivity contribution in [1.82, 2.24) is 9.88 Å². The number of amides is 1. The zero-order valence-corrected chi connectivity index (χ0v) is 18.3. The monoisotopic (exact) mass is 435 g/mol. The van der Waals surface area contributed by atoms with E-state index in [9.17, 15) is 4.79 Å². The van der Waals surface area contributed by atoms with Gasteiger partial charge in [0.1, 0.15) is 0 Å². The van der Waals surface area contributed by atoms with E-state index >= 15 is 0 Å². The van der Waals surface area contributed by atoms with Crippen LogP contribution in [-0.2, 0) is 4.74 Å². The Kier molecular flexibility index (Phi) is 5.99. The van der Waals surface area contributed by atoms with E-state index in [1.165, 1.54) is 22.5 Å². The highest BCUT2D eigenvalue weighted by molar-refractivity contribution is 7.22. The van der Waals surface area contributed by atoms with Crippen molar-refractivity contribution in [2.45, 2.75) is 13.8 Å². The number of anilines is 1. The van der Waals surface area contributed by atoms with Crippen LogP contribution in [0.1, 0.15) is 20.8 Å². The largest absolute Gasteiger partial charge is 0.379 e. The van der Waals surface area contributed by atoms with Gasteiger partial charge in [-0.05, 0) is 43.2 Å². The summed E-state index contributed by atoms with van der Waals surface area (Å²) in [5.74, 6) is -0.0430. The smallest absolute Gasteiger partial charge is 0.270 e. The summed E-state index contributed by atoms with van der Waals surface area (Å²) in [6.07, 6.45) is 0. The number of hydrogen-bond acceptors (Lipinski definition) is 6. The zero-order chi connectivity index (χ0) is 19.7. The molecule has 0 radical (unpaired) electrons. The lowest BCUT2D eigenvalue weighted by Gasteiger charge is -2.29. The van der Waals surface area contributed by atoms with Gasteiger partial charge in [-0.15, -0.1) is 11.3 Å². The van der Waals surface area contributed by atoms with E-state index in [4.69, 9.17) is 21.3 Å². The first kappa shape index (κ1) is 19.8. The number of morpholine rings is 1. The summed E-state index contributed by atoms with van der Waals surface area (Å²) < 4.78 is 7.18. The number of fused-ring (bicyclic) bond motifs is 1. The highest BCUT2D eigenvalue weighted by Crippen LogP contribution is 2.33. The Morgan fingerprint density at radius 1 is 1.25 bits per heavy atom. The number of nitrogens with zero attached hydrogens (tertiary/aromatic N) is 3. The Morgan fingerprint density at radius 3 is 2.75 bits per heavy atom. The van der Waals surface area contributed by atoms with Gasteiger partial charge >= 0.3 is 0 Å². The summed E-state index contributed by atoms with van der Waals surface area (Å²) in [6, 6.07) is 7.80. The van der Waals surface area contributed by atoms with Crippen molar-refractivity contribution in [2.75, 3.05) is 44.3 Å². The van der Waals surface area contributed by atoms with Gasteiger partial charge in [-0.25, -0.2) is 4.98 Å². The Bertz CT molecular complexity index is 995. The first-order chi connectivity index (χ1) is 13.5. The van der Waals surface area contributed by atoms with Crippen molar-refractivity contribution >= 4 is 55.5 Å². The SMILES string of the molecule is Cc1cc(C)c2sc(N(CCN3CCOCC3)C(=O)c3ccc(Cl)s3)nc2c1. The molecule has 28 heavy (non-hydrogen) atoms. The number of hydrogen-bond donors (Lipinski definition) is 0. The highest BCUT2D eigenvalue weighted by Gasteiger charge is 2.24. The maximum atomic E-state index is 13.3. The zero-order valence-electron chi connectivity index (χ0n) is 15.9. The first-order valence-corrected chi connectivity index (χ1v) is 11.3. The summed E-state index contributed by atoms with van der Waals surface area (Å²) in [4.78, 5) is 22.8. The molecular formula is C20H22ClN3O2S2. The Morgan fingerprint density at radius 2 is 2.04 bits per heavy atom. The molecule has 4 rings (SSSR count). The predicted octanol–water partition coefficient (Wildman–Crippen LogP) is 4.61. The number of benzene rings is 1. The van der Waals surface area contributed by atoms with Crippen LogP contribution in [-0.4, -0.2) is 55.2 Å². The van der Waals surface area contributed by atoms with Crippen molar-refractivity contribution in [2.24, 2.45) is 0 Å². The van der Waals surface area contributed by atoms with Crippen molar-refractivity contribution in [3.8, 4) is 0 Å². The molecule has 1 aliphatic rings. The Labute approximate surface area is 177 Å². The lowest BCUT2D eigenvalue weighted by atomic mass is 10.1. The summed E-state index contributed by atoms with van der Waals surface area (Å²) in [5.41, 5.74) is 3.32. The Hall–Kier alpha value is -1.51. The fourth-order valence-corrected chi connectivity index (χ4v) is 5.42. The molecule has 1 aliphatic heterocycles. The van der Waals surface area contributed by atoms with Crippen molar-refractivity contribution in [1.29, 1.82) is 0 Å². The van der Waals surface area contributed by atoms with Gasteiger partial charge in [-0.1, -0.05) is 29.0 Å². The highest BCUT2D eigenvalue weighted by atomic mass is 35.5. The number of rotatable bonds is 5. The van der Waals surface area contributed by atoms with Crippen LogP contribution < -0.4 is 4.90 Å². The van der Waals surface area contributed by atoms with Gasteiger partial charge in [0, 0.05) is 26.2 Å². The number of halogens is 1. The maximum Gasteiger partial charge on any atom is 0.270 e. The van der Waals surface area contributed by atoms with Gasteiger partial charge in [-0.2, -0.15) is 0 Å². The average molecular weight is 436 g/mol. The summed E-state index contributed by atoms with van der Waals surface area (Å²) in [5, 5.41) is 0.742. The molecule has 8 heteroatoms. The third kappa shape index (κ3) is 4.23. The minimum Gasteiger partial charge on any atom is -0.379 e. The number of carbonyl (C=O) groups is 1. The molecule has 5 nitrogen and oxygen atoms in total. The standard InChI is InChI=1S/C20H22ClN3O2S2/c1-13-11-14(2)18-15(12-13)22-20(28-18)24(6-5-23-7-9-26-10-8-23)19(25)16-3-4-17(21)27-16/h3-4,11-12H,5-10H2,1-2H3. The van der Waals surface area contributed by atoms with E-state index in [-0.39, 0.29) is 5.91 Å². The third-order valence-corrected chi connectivity index (χ3v) is 7.26. The van der Waals surface area contributed by atoms with E-state index < -0.39 is 0 Å². The molecule has 0 saturated carbocycles. The van der Waals surface area contributed by atoms with Crippen molar-refractivity contribution in [3.63, 3.8) is 0 Å². The van der Waals surface area contributed by atoms with Crippen LogP contribution in [0.15, 0.2) is 24.3 Å². The van der Waals surface area contributed by atoms with Gasteiger partial charge in [0.25, 0.3) is 5.91 Å². The van der Waals surface area contributed by atoms with Crippen LogP contribution in [0.25, 0.3) is 10.2 Å². The van der Waals surface area contributed by atoms with Crippen LogP contribution in [0.4, 0.5) is 5.13 Å². The molecule has 1 aromatic carbocycles. The van der Waals surface area contributed by atoms with E-state index in [0.717, 1.165) is 48.2 Å². The molecule has 2 aromatic heterocycles. The number of thiophene rings is 1. The van der Waals surface area contributed by atoms with Crippen LogP contribution in [0, 0.1) is 13.8 Å². The van der Waals surface area contributed by atoms with E-state index in [0.29, 0.717) is 15.8 Å². The molecule has 0 atom stereocenters. The van der Waals surface area contributed by atoms with Crippen LogP contribution in [0.3, 0.4) is 0 Å². The second kappa shape index (κ2) is 8.47. The minimum absolute atomic E-state index is 0.0430. The molecular weight excluding hydrogens is 414 g/mol. The number of thiazole rings is 1.